The van der Waals surface area contributed by atoms with Crippen LogP contribution >= 0.6 is 0 Å². The maximum Gasteiger partial charge on any atom is 0.264 e. The lowest BCUT2D eigenvalue weighted by Crippen LogP contribution is -2.54. The third-order valence-corrected chi connectivity index (χ3v) is 6.74. The van der Waals surface area contributed by atoms with Crippen molar-refractivity contribution in [3.63, 3.8) is 0 Å². The lowest BCUT2D eigenvalue weighted by Gasteiger charge is -2.28. The second-order valence-electron chi connectivity index (χ2n) is 8.17. The van der Waals surface area contributed by atoms with Gasteiger partial charge in [0.15, 0.2) is 11.6 Å². The number of rotatable bonds is 7. The quantitative estimate of drug-likeness (QED) is 0.499. The Kier molecular flexibility index (Phi) is 6.49. The molecule has 36 heavy (non-hydrogen) atoms. The highest BCUT2D eigenvalue weighted by atomic mass is 32.2. The zero-order chi connectivity index (χ0) is 26.4. The Morgan fingerprint density at radius 3 is 2.47 bits per heavy atom. The van der Waals surface area contributed by atoms with Gasteiger partial charge in [-0.05, 0) is 36.8 Å². The Hall–Kier alpha value is -3.91. The largest absolute Gasteiger partial charge is 0.489 e. The highest BCUT2D eigenvalue weighted by Gasteiger charge is 2.46. The first kappa shape index (κ1) is 25.2. The van der Waals surface area contributed by atoms with Gasteiger partial charge in [0, 0.05) is 13.5 Å². The van der Waals surface area contributed by atoms with Crippen LogP contribution in [0.15, 0.2) is 35.2 Å². The van der Waals surface area contributed by atoms with Crippen molar-refractivity contribution in [2.24, 2.45) is 5.14 Å². The van der Waals surface area contributed by atoms with Gasteiger partial charge in [-0.15, -0.1) is 0 Å². The highest BCUT2D eigenvalue weighted by molar-refractivity contribution is 7.89. The molecule has 2 aromatic rings. The van der Waals surface area contributed by atoms with Crippen LogP contribution < -0.4 is 20.1 Å². The average molecular weight is 522 g/mol. The van der Waals surface area contributed by atoms with E-state index in [1.165, 1.54) is 11.9 Å². The number of piperidine rings is 1. The van der Waals surface area contributed by atoms with Gasteiger partial charge in [0.05, 0.1) is 28.3 Å². The summed E-state index contributed by atoms with van der Waals surface area (Å²) < 4.78 is 57.0. The van der Waals surface area contributed by atoms with Gasteiger partial charge in [0.2, 0.25) is 21.8 Å². The molecule has 0 radical (unpaired) electrons. The number of nitrogens with zero attached hydrogens (tertiary/aromatic N) is 2. The molecule has 1 saturated heterocycles. The summed E-state index contributed by atoms with van der Waals surface area (Å²) in [7, 11) is -2.68. The summed E-state index contributed by atoms with van der Waals surface area (Å²) in [6.07, 6.45) is -0.107. The molecule has 4 amide bonds. The summed E-state index contributed by atoms with van der Waals surface area (Å²) in [5.41, 5.74) is -0.552. The molecule has 4 rings (SSSR count). The summed E-state index contributed by atoms with van der Waals surface area (Å²) in [6, 6.07) is 3.79. The zero-order valence-electron chi connectivity index (χ0n) is 18.8. The van der Waals surface area contributed by atoms with Crippen LogP contribution in [0.5, 0.6) is 5.75 Å². The fraction of sp³-hybridized carbons (Fsp3) is 0.273. The molecular formula is C22H20F2N4O7S. The maximum atomic E-state index is 14.8. The smallest absolute Gasteiger partial charge is 0.264 e. The van der Waals surface area contributed by atoms with Gasteiger partial charge in [-0.1, -0.05) is 0 Å². The van der Waals surface area contributed by atoms with Crippen molar-refractivity contribution in [3.8, 4) is 5.75 Å². The lowest BCUT2D eigenvalue weighted by atomic mass is 10.0. The minimum Gasteiger partial charge on any atom is -0.489 e. The number of nitrogens with two attached hydrogens (primary N) is 1. The molecule has 0 aromatic heterocycles. The van der Waals surface area contributed by atoms with Gasteiger partial charge in [-0.25, -0.2) is 22.3 Å². The fourth-order valence-electron chi connectivity index (χ4n) is 4.07. The Labute approximate surface area is 203 Å². The number of nitrogens with one attached hydrogen (secondary N) is 1. The number of carbonyl (C=O) groups is 4. The zero-order valence-corrected chi connectivity index (χ0v) is 19.6. The molecule has 2 aliphatic rings. The van der Waals surface area contributed by atoms with Crippen LogP contribution in [-0.2, 0) is 19.6 Å². The number of hydrogen-bond donors (Lipinski definition) is 2. The van der Waals surface area contributed by atoms with E-state index in [9.17, 15) is 36.4 Å². The third-order valence-electron chi connectivity index (χ3n) is 5.83. The van der Waals surface area contributed by atoms with Gasteiger partial charge < -0.3 is 9.64 Å². The van der Waals surface area contributed by atoms with Gasteiger partial charge in [-0.3, -0.25) is 29.4 Å². The van der Waals surface area contributed by atoms with Crippen LogP contribution in [0.2, 0.25) is 0 Å². The summed E-state index contributed by atoms with van der Waals surface area (Å²) in [5, 5.41) is 7.05. The summed E-state index contributed by atoms with van der Waals surface area (Å²) in [5.74, 6) is -5.04. The van der Waals surface area contributed by atoms with E-state index in [0.717, 1.165) is 29.2 Å². The summed E-state index contributed by atoms with van der Waals surface area (Å²) in [6.45, 7) is -0.270. The molecule has 1 atom stereocenters. The van der Waals surface area contributed by atoms with Gasteiger partial charge in [-0.2, -0.15) is 0 Å². The van der Waals surface area contributed by atoms with E-state index in [-0.39, 0.29) is 48.6 Å². The van der Waals surface area contributed by atoms with E-state index in [2.05, 4.69) is 5.32 Å². The molecule has 11 nitrogen and oxygen atoms in total. The highest BCUT2D eigenvalue weighted by Crippen LogP contribution is 2.35. The molecule has 0 saturated carbocycles. The Balaban J connectivity index is 1.53. The molecule has 2 heterocycles. The lowest BCUT2D eigenvalue weighted by molar-refractivity contribution is -0.136. The van der Waals surface area contributed by atoms with Crippen LogP contribution in [0, 0.1) is 11.6 Å². The summed E-state index contributed by atoms with van der Waals surface area (Å²) >= 11 is 0. The Morgan fingerprint density at radius 1 is 1.11 bits per heavy atom. The van der Waals surface area contributed by atoms with Crippen LogP contribution in [0.4, 0.5) is 14.5 Å². The number of likely N-dealkylation sites (N-methyl/N-ethyl adjacent to an activating group) is 1. The van der Waals surface area contributed by atoms with Crippen molar-refractivity contribution in [2.45, 2.75) is 23.8 Å². The number of hydrogen-bond acceptors (Lipinski definition) is 8. The van der Waals surface area contributed by atoms with Crippen LogP contribution in [0.25, 0.3) is 0 Å². The molecule has 3 N–H and O–H groups in total. The average Bonchev–Trinajstić information content (AvgIpc) is 3.04. The van der Waals surface area contributed by atoms with Crippen LogP contribution in [0.3, 0.4) is 0 Å². The van der Waals surface area contributed by atoms with Crippen molar-refractivity contribution in [1.29, 1.82) is 0 Å². The van der Waals surface area contributed by atoms with Crippen molar-refractivity contribution in [2.75, 3.05) is 25.1 Å². The minimum absolute atomic E-state index is 0.0482. The van der Waals surface area contributed by atoms with E-state index in [1.807, 2.05) is 0 Å². The molecule has 190 valence electrons. The molecule has 0 spiro atoms. The number of fused-ring (bicyclic) bond motifs is 1. The van der Waals surface area contributed by atoms with Crippen LogP contribution in [0.1, 0.15) is 33.6 Å². The number of benzene rings is 2. The number of halogens is 2. The molecule has 1 fully saturated rings. The number of sulfonamides is 1. The standard InChI is InChI=1S/C22H20F2N4O7S/c1-27(8-9-35-16-6-2-11(10-14(16)24)36(25,33)34)19-13(23)4-3-12-18(19)22(32)28(21(12)31)15-5-7-17(29)26-20(15)30/h2-4,6,10,15H,5,7-9H2,1H3,(H2,25,33,34)(H,26,29,30). The Morgan fingerprint density at radius 2 is 1.83 bits per heavy atom. The Bertz CT molecular complexity index is 1410. The first-order valence-electron chi connectivity index (χ1n) is 10.6. The molecule has 2 aliphatic heterocycles. The van der Waals surface area contributed by atoms with Crippen molar-refractivity contribution >= 4 is 39.3 Å². The van der Waals surface area contributed by atoms with Gasteiger partial charge in [0.1, 0.15) is 18.5 Å². The van der Waals surface area contributed by atoms with E-state index >= 15 is 0 Å². The SMILES string of the molecule is CN(CCOc1ccc(S(N)(=O)=O)cc1F)c1c(F)ccc2c1C(=O)N(C1CCC(=O)NC1=O)C2=O. The topological polar surface area (TPSA) is 156 Å². The first-order valence-corrected chi connectivity index (χ1v) is 12.1. The summed E-state index contributed by atoms with van der Waals surface area (Å²) in [4.78, 5) is 51.4. The molecule has 0 bridgehead atoms. The predicted molar refractivity (Wildman–Crippen MR) is 120 cm³/mol. The number of carbonyl (C=O) groups excluding carboxylic acids is 4. The minimum atomic E-state index is -4.10. The molecule has 2 aromatic carbocycles. The number of anilines is 1. The van der Waals surface area contributed by atoms with E-state index < -0.39 is 56.2 Å². The van der Waals surface area contributed by atoms with Crippen molar-refractivity contribution in [3.05, 3.63) is 53.1 Å². The number of ether oxygens (including phenoxy) is 1. The third kappa shape index (κ3) is 4.52. The van der Waals surface area contributed by atoms with Crippen molar-refractivity contribution < 1.29 is 41.1 Å². The fourth-order valence-corrected chi connectivity index (χ4v) is 4.59. The normalized spacial score (nSPS) is 17.8. The maximum absolute atomic E-state index is 14.8. The number of amides is 4. The molecule has 14 heteroatoms. The molecular weight excluding hydrogens is 502 g/mol. The van der Waals surface area contributed by atoms with Crippen molar-refractivity contribution in [1.82, 2.24) is 10.2 Å². The molecule has 0 aliphatic carbocycles. The van der Waals surface area contributed by atoms with E-state index in [4.69, 9.17) is 9.88 Å². The number of imide groups is 2. The predicted octanol–water partition coefficient (Wildman–Crippen LogP) is 0.529. The van der Waals surface area contributed by atoms with E-state index in [1.54, 1.807) is 0 Å². The second-order valence-corrected chi connectivity index (χ2v) is 9.73. The van der Waals surface area contributed by atoms with Gasteiger partial charge in [0.25, 0.3) is 11.8 Å². The molecule has 1 unspecified atom stereocenters. The first-order chi connectivity index (χ1) is 16.9. The van der Waals surface area contributed by atoms with Crippen LogP contribution in [-0.4, -0.2) is 63.2 Å². The second kappa shape index (κ2) is 9.28. The van der Waals surface area contributed by atoms with E-state index in [0.29, 0.717) is 6.07 Å². The monoisotopic (exact) mass is 522 g/mol. The van der Waals surface area contributed by atoms with Gasteiger partial charge >= 0.3 is 0 Å². The number of primary sulfonamides is 1.